The average Bonchev–Trinajstić information content (AvgIpc) is 2.69. The first-order chi connectivity index (χ1) is 12.9. The third kappa shape index (κ3) is 3.75. The zero-order chi connectivity index (χ0) is 19.5. The largest absolute Gasteiger partial charge is 0.296 e. The summed E-state index contributed by atoms with van der Waals surface area (Å²) in [5.74, 6) is 0. The summed E-state index contributed by atoms with van der Waals surface area (Å²) in [7, 11) is -1.75. The Balaban J connectivity index is 2.23. The molecule has 0 saturated carbocycles. The SMILES string of the molecule is CN=Cc1c([Si](C)(C)c2ccccc2)cccc1[Si](C)(C)c1ccccc1. The van der Waals surface area contributed by atoms with Crippen LogP contribution in [0.5, 0.6) is 0 Å². The molecule has 1 nitrogen and oxygen atoms in total. The molecule has 138 valence electrons. The monoisotopic (exact) mass is 387 g/mol. The van der Waals surface area contributed by atoms with Crippen LogP contribution in [0.4, 0.5) is 0 Å². The van der Waals surface area contributed by atoms with Crippen LogP contribution in [0.1, 0.15) is 5.56 Å². The molecular formula is C24H29NSi2. The van der Waals surface area contributed by atoms with E-state index in [0.717, 1.165) is 0 Å². The van der Waals surface area contributed by atoms with Gasteiger partial charge in [0.05, 0.1) is 0 Å². The van der Waals surface area contributed by atoms with Gasteiger partial charge >= 0.3 is 0 Å². The molecule has 0 heterocycles. The molecule has 0 radical (unpaired) electrons. The van der Waals surface area contributed by atoms with Gasteiger partial charge < -0.3 is 0 Å². The van der Waals surface area contributed by atoms with Gasteiger partial charge in [-0.1, -0.05) is 115 Å². The number of hydrogen-bond donors (Lipinski definition) is 0. The minimum absolute atomic E-state index is 1.35. The lowest BCUT2D eigenvalue weighted by molar-refractivity contribution is 1.47. The van der Waals surface area contributed by atoms with Crippen molar-refractivity contribution in [2.75, 3.05) is 7.05 Å². The highest BCUT2D eigenvalue weighted by atomic mass is 28.3. The van der Waals surface area contributed by atoms with Crippen LogP contribution in [0.25, 0.3) is 0 Å². The summed E-state index contributed by atoms with van der Waals surface area (Å²) in [6, 6.07) is 28.9. The second-order valence-corrected chi connectivity index (χ2v) is 16.9. The highest BCUT2D eigenvalue weighted by molar-refractivity contribution is 7.03. The number of aliphatic imine (C=N–C) groups is 1. The van der Waals surface area contributed by atoms with E-state index in [1.54, 1.807) is 0 Å². The maximum absolute atomic E-state index is 4.46. The lowest BCUT2D eigenvalue weighted by Gasteiger charge is -2.31. The van der Waals surface area contributed by atoms with Crippen molar-refractivity contribution in [1.29, 1.82) is 0 Å². The molecule has 0 aliphatic rings. The Kier molecular flexibility index (Phi) is 5.63. The zero-order valence-corrected chi connectivity index (χ0v) is 19.0. The third-order valence-electron chi connectivity index (χ3n) is 5.70. The summed E-state index contributed by atoms with van der Waals surface area (Å²) in [5, 5.41) is 5.89. The van der Waals surface area contributed by atoms with Gasteiger partial charge in [-0.25, -0.2) is 0 Å². The summed E-state index contributed by atoms with van der Waals surface area (Å²) in [4.78, 5) is 4.46. The van der Waals surface area contributed by atoms with Crippen molar-refractivity contribution < 1.29 is 0 Å². The van der Waals surface area contributed by atoms with Crippen molar-refractivity contribution in [3.63, 3.8) is 0 Å². The minimum atomic E-state index is -1.82. The van der Waals surface area contributed by atoms with Crippen molar-refractivity contribution in [2.24, 2.45) is 4.99 Å². The smallest absolute Gasteiger partial charge is 0.113 e. The molecule has 0 amide bonds. The van der Waals surface area contributed by atoms with Gasteiger partial charge in [0.25, 0.3) is 0 Å². The Morgan fingerprint density at radius 1 is 0.593 bits per heavy atom. The number of benzene rings is 3. The molecule has 3 aromatic rings. The molecule has 0 spiro atoms. The minimum Gasteiger partial charge on any atom is -0.296 e. The standard InChI is InChI=1S/C24H29NSi2/c1-25-19-22-23(26(2,3)20-13-8-6-9-14-20)17-12-18-24(22)27(4,5)21-15-10-7-11-16-21/h6-19H,1-5H3. The van der Waals surface area contributed by atoms with Crippen LogP contribution in [0.3, 0.4) is 0 Å². The summed E-state index contributed by atoms with van der Waals surface area (Å²) < 4.78 is 0. The van der Waals surface area contributed by atoms with Crippen LogP contribution in [0.2, 0.25) is 26.2 Å². The Hall–Kier alpha value is -2.24. The average molecular weight is 388 g/mol. The molecule has 3 aromatic carbocycles. The van der Waals surface area contributed by atoms with Crippen LogP contribution in [0.15, 0.2) is 83.9 Å². The second-order valence-electron chi connectivity index (χ2n) is 8.14. The molecular weight excluding hydrogens is 358 g/mol. The van der Waals surface area contributed by atoms with Crippen LogP contribution in [0, 0.1) is 0 Å². The van der Waals surface area contributed by atoms with E-state index in [-0.39, 0.29) is 0 Å². The third-order valence-corrected chi connectivity index (χ3v) is 12.8. The van der Waals surface area contributed by atoms with E-state index in [0.29, 0.717) is 0 Å². The first-order valence-electron chi connectivity index (χ1n) is 9.56. The molecule has 3 rings (SSSR count). The van der Waals surface area contributed by atoms with E-state index in [1.807, 2.05) is 7.05 Å². The van der Waals surface area contributed by atoms with Gasteiger partial charge in [-0.15, -0.1) is 0 Å². The molecule has 0 atom stereocenters. The molecule has 0 unspecified atom stereocenters. The maximum Gasteiger partial charge on any atom is 0.113 e. The van der Waals surface area contributed by atoms with E-state index >= 15 is 0 Å². The predicted molar refractivity (Wildman–Crippen MR) is 126 cm³/mol. The molecule has 0 N–H and O–H groups in total. The Morgan fingerprint density at radius 2 is 1.00 bits per heavy atom. The Morgan fingerprint density at radius 3 is 1.37 bits per heavy atom. The summed E-state index contributed by atoms with van der Waals surface area (Å²) >= 11 is 0. The van der Waals surface area contributed by atoms with Crippen LogP contribution in [-0.4, -0.2) is 29.4 Å². The number of rotatable bonds is 5. The molecule has 3 heteroatoms. The first-order valence-corrected chi connectivity index (χ1v) is 15.6. The molecule has 0 aliphatic carbocycles. The fourth-order valence-electron chi connectivity index (χ4n) is 3.94. The van der Waals surface area contributed by atoms with E-state index in [9.17, 15) is 0 Å². The van der Waals surface area contributed by atoms with Crippen LogP contribution in [-0.2, 0) is 0 Å². The zero-order valence-electron chi connectivity index (χ0n) is 17.0. The fraction of sp³-hybridized carbons (Fsp3) is 0.208. The van der Waals surface area contributed by atoms with Gasteiger partial charge in [0, 0.05) is 13.3 Å². The molecule has 27 heavy (non-hydrogen) atoms. The Bertz CT molecular complexity index is 859. The quantitative estimate of drug-likeness (QED) is 0.470. The molecule has 0 aromatic heterocycles. The molecule has 0 fully saturated rings. The summed E-state index contributed by atoms with van der Waals surface area (Å²) in [6.45, 7) is 9.80. The van der Waals surface area contributed by atoms with Gasteiger partial charge in [0.1, 0.15) is 16.1 Å². The number of nitrogens with zero attached hydrogens (tertiary/aromatic N) is 1. The summed E-state index contributed by atoms with van der Waals surface area (Å²) in [5.41, 5.74) is 1.35. The van der Waals surface area contributed by atoms with Gasteiger partial charge in [0.15, 0.2) is 0 Å². The molecule has 0 aliphatic heterocycles. The summed E-state index contributed by atoms with van der Waals surface area (Å²) in [6.07, 6.45) is 2.10. The van der Waals surface area contributed by atoms with Crippen molar-refractivity contribution in [3.05, 3.63) is 84.4 Å². The van der Waals surface area contributed by atoms with E-state index in [2.05, 4.69) is 116 Å². The maximum atomic E-state index is 4.46. The van der Waals surface area contributed by atoms with Crippen LogP contribution < -0.4 is 20.7 Å². The lowest BCUT2D eigenvalue weighted by Crippen LogP contribution is -2.60. The molecule has 0 saturated heterocycles. The number of hydrogen-bond acceptors (Lipinski definition) is 1. The first kappa shape index (κ1) is 19.5. The molecule has 0 bridgehead atoms. The van der Waals surface area contributed by atoms with E-state index < -0.39 is 16.1 Å². The topological polar surface area (TPSA) is 12.4 Å². The highest BCUT2D eigenvalue weighted by Crippen LogP contribution is 2.12. The van der Waals surface area contributed by atoms with E-state index in [1.165, 1.54) is 26.3 Å². The van der Waals surface area contributed by atoms with Gasteiger partial charge in [-0.3, -0.25) is 4.99 Å². The van der Waals surface area contributed by atoms with Crippen molar-refractivity contribution >= 4 is 43.1 Å². The van der Waals surface area contributed by atoms with Crippen molar-refractivity contribution in [2.45, 2.75) is 26.2 Å². The lowest BCUT2D eigenvalue weighted by atomic mass is 10.2. The van der Waals surface area contributed by atoms with Gasteiger partial charge in [0.2, 0.25) is 0 Å². The Labute approximate surface area is 165 Å². The van der Waals surface area contributed by atoms with Crippen LogP contribution >= 0.6 is 0 Å². The second kappa shape index (κ2) is 7.79. The highest BCUT2D eigenvalue weighted by Gasteiger charge is 2.33. The van der Waals surface area contributed by atoms with Crippen molar-refractivity contribution in [3.8, 4) is 0 Å². The normalized spacial score (nSPS) is 12.5. The van der Waals surface area contributed by atoms with Gasteiger partial charge in [-0.2, -0.15) is 0 Å². The van der Waals surface area contributed by atoms with E-state index in [4.69, 9.17) is 0 Å². The van der Waals surface area contributed by atoms with Crippen molar-refractivity contribution in [1.82, 2.24) is 0 Å². The predicted octanol–water partition coefficient (Wildman–Crippen LogP) is 3.38. The fourth-order valence-corrected chi connectivity index (χ4v) is 9.51. The van der Waals surface area contributed by atoms with Gasteiger partial charge in [-0.05, 0) is 15.9 Å².